The van der Waals surface area contributed by atoms with Gasteiger partial charge in [-0.05, 0) is 67.6 Å². The Morgan fingerprint density at radius 3 is 1.70 bits per heavy atom. The summed E-state index contributed by atoms with van der Waals surface area (Å²) in [6.45, 7) is 1.90. The van der Waals surface area contributed by atoms with Crippen molar-refractivity contribution in [1.82, 2.24) is 10.9 Å². The van der Waals surface area contributed by atoms with Gasteiger partial charge in [0.05, 0.1) is 4.90 Å². The Morgan fingerprint density at radius 2 is 1.20 bits per heavy atom. The van der Waals surface area contributed by atoms with E-state index < -0.39 is 21.8 Å². The molecule has 3 aromatic carbocycles. The maximum atomic E-state index is 12.5. The molecule has 0 aliphatic heterocycles. The van der Waals surface area contributed by atoms with Crippen LogP contribution in [0.2, 0.25) is 5.02 Å². The van der Waals surface area contributed by atoms with Gasteiger partial charge in [0.25, 0.3) is 21.8 Å². The first-order valence-corrected chi connectivity index (χ1v) is 10.7. The van der Waals surface area contributed by atoms with E-state index in [1.807, 2.05) is 6.92 Å². The summed E-state index contributed by atoms with van der Waals surface area (Å²) in [5.74, 6) is -1.04. The van der Waals surface area contributed by atoms with Gasteiger partial charge in [-0.15, -0.1) is 0 Å². The van der Waals surface area contributed by atoms with E-state index in [0.717, 1.165) is 5.56 Å². The van der Waals surface area contributed by atoms with Gasteiger partial charge in [0.15, 0.2) is 0 Å². The van der Waals surface area contributed by atoms with Crippen LogP contribution in [0.3, 0.4) is 0 Å². The lowest BCUT2D eigenvalue weighted by Gasteiger charge is -2.10. The van der Waals surface area contributed by atoms with Gasteiger partial charge in [0.2, 0.25) is 0 Å². The Hall–Kier alpha value is -3.36. The van der Waals surface area contributed by atoms with E-state index in [1.165, 1.54) is 24.3 Å². The zero-order chi connectivity index (χ0) is 21.7. The Balaban J connectivity index is 1.62. The number of anilines is 1. The fourth-order valence-electron chi connectivity index (χ4n) is 2.48. The van der Waals surface area contributed by atoms with E-state index in [9.17, 15) is 18.0 Å². The summed E-state index contributed by atoms with van der Waals surface area (Å²) >= 11 is 5.79. The fraction of sp³-hybridized carbons (Fsp3) is 0.0476. The molecule has 2 amide bonds. The molecule has 30 heavy (non-hydrogen) atoms. The van der Waals surface area contributed by atoms with Crippen molar-refractivity contribution in [3.8, 4) is 0 Å². The molecule has 154 valence electrons. The van der Waals surface area contributed by atoms with E-state index in [1.54, 1.807) is 48.5 Å². The smallest absolute Gasteiger partial charge is 0.269 e. The predicted octanol–water partition coefficient (Wildman–Crippen LogP) is 3.52. The summed E-state index contributed by atoms with van der Waals surface area (Å²) in [5.41, 5.74) is 6.57. The monoisotopic (exact) mass is 443 g/mol. The van der Waals surface area contributed by atoms with E-state index in [4.69, 9.17) is 11.6 Å². The molecule has 0 aliphatic rings. The molecule has 0 fully saturated rings. The third-order valence-corrected chi connectivity index (χ3v) is 5.78. The Kier molecular flexibility index (Phi) is 6.39. The second-order valence-corrected chi connectivity index (χ2v) is 8.53. The number of benzene rings is 3. The van der Waals surface area contributed by atoms with E-state index >= 15 is 0 Å². The Labute approximate surface area is 179 Å². The minimum atomic E-state index is -3.83. The summed E-state index contributed by atoms with van der Waals surface area (Å²) in [5, 5.41) is 0.489. The fourth-order valence-corrected chi connectivity index (χ4v) is 3.66. The molecule has 0 spiro atoms. The number of hydrogen-bond acceptors (Lipinski definition) is 4. The normalized spacial score (nSPS) is 10.9. The molecule has 0 unspecified atom stereocenters. The van der Waals surface area contributed by atoms with Crippen molar-refractivity contribution in [2.45, 2.75) is 11.8 Å². The number of carbonyl (C=O) groups is 2. The number of carbonyl (C=O) groups excluding carboxylic acids is 2. The predicted molar refractivity (Wildman–Crippen MR) is 115 cm³/mol. The van der Waals surface area contributed by atoms with Crippen LogP contribution >= 0.6 is 11.6 Å². The lowest BCUT2D eigenvalue weighted by Crippen LogP contribution is -2.41. The molecule has 0 aliphatic carbocycles. The first-order chi connectivity index (χ1) is 14.2. The van der Waals surface area contributed by atoms with Gasteiger partial charge in [-0.25, -0.2) is 8.42 Å². The van der Waals surface area contributed by atoms with Crippen LogP contribution in [-0.2, 0) is 10.0 Å². The lowest BCUT2D eigenvalue weighted by molar-refractivity contribution is 0.0846. The van der Waals surface area contributed by atoms with Crippen molar-refractivity contribution in [3.05, 3.63) is 94.5 Å². The molecule has 3 aromatic rings. The highest BCUT2D eigenvalue weighted by Crippen LogP contribution is 2.18. The summed E-state index contributed by atoms with van der Waals surface area (Å²) < 4.78 is 27.4. The van der Waals surface area contributed by atoms with Crippen LogP contribution in [0.4, 0.5) is 5.69 Å². The van der Waals surface area contributed by atoms with Crippen molar-refractivity contribution in [3.63, 3.8) is 0 Å². The second kappa shape index (κ2) is 8.98. The molecule has 0 atom stereocenters. The standard InChI is InChI=1S/C21H18ClN3O4S/c1-14-2-4-15(5-3-14)20(26)23-24-21(27)16-6-12-19(13-7-16)30(28,29)25-18-10-8-17(22)9-11-18/h2-13,25H,1H3,(H,23,26)(H,24,27). The van der Waals surface area contributed by atoms with E-state index in [2.05, 4.69) is 15.6 Å². The molecule has 0 aromatic heterocycles. The van der Waals surface area contributed by atoms with Gasteiger partial charge in [-0.3, -0.25) is 25.2 Å². The van der Waals surface area contributed by atoms with Gasteiger partial charge < -0.3 is 0 Å². The average Bonchev–Trinajstić information content (AvgIpc) is 2.74. The van der Waals surface area contributed by atoms with Crippen molar-refractivity contribution in [1.29, 1.82) is 0 Å². The minimum Gasteiger partial charge on any atom is -0.280 e. The molecule has 3 rings (SSSR count). The number of halogens is 1. The molecular formula is C21H18ClN3O4S. The number of hydrogen-bond donors (Lipinski definition) is 3. The first-order valence-electron chi connectivity index (χ1n) is 8.80. The van der Waals surface area contributed by atoms with Crippen LogP contribution < -0.4 is 15.6 Å². The van der Waals surface area contributed by atoms with Crippen molar-refractivity contribution < 1.29 is 18.0 Å². The maximum Gasteiger partial charge on any atom is 0.269 e. The molecule has 9 heteroatoms. The highest BCUT2D eigenvalue weighted by Gasteiger charge is 2.16. The second-order valence-electron chi connectivity index (χ2n) is 6.41. The summed E-state index contributed by atoms with van der Waals surface area (Å²) in [6, 6.07) is 18.4. The highest BCUT2D eigenvalue weighted by atomic mass is 35.5. The Bertz CT molecular complexity index is 1160. The van der Waals surface area contributed by atoms with Gasteiger partial charge in [-0.1, -0.05) is 29.3 Å². The van der Waals surface area contributed by atoms with Gasteiger partial charge >= 0.3 is 0 Å². The largest absolute Gasteiger partial charge is 0.280 e. The van der Waals surface area contributed by atoms with Crippen molar-refractivity contribution >= 4 is 39.1 Å². The van der Waals surface area contributed by atoms with Crippen LogP contribution in [0, 0.1) is 6.92 Å². The maximum absolute atomic E-state index is 12.5. The number of rotatable bonds is 5. The number of sulfonamides is 1. The zero-order valence-corrected chi connectivity index (χ0v) is 17.4. The van der Waals surface area contributed by atoms with Crippen molar-refractivity contribution in [2.75, 3.05) is 4.72 Å². The van der Waals surface area contributed by atoms with Gasteiger partial charge in [0, 0.05) is 21.8 Å². The molecule has 0 radical (unpaired) electrons. The summed E-state index contributed by atoms with van der Waals surface area (Å²) in [4.78, 5) is 24.2. The van der Waals surface area contributed by atoms with Crippen LogP contribution in [0.1, 0.15) is 26.3 Å². The lowest BCUT2D eigenvalue weighted by atomic mass is 10.1. The zero-order valence-electron chi connectivity index (χ0n) is 15.8. The molecule has 3 N–H and O–H groups in total. The average molecular weight is 444 g/mol. The van der Waals surface area contributed by atoms with Gasteiger partial charge in [-0.2, -0.15) is 0 Å². The van der Waals surface area contributed by atoms with Crippen LogP contribution in [0.15, 0.2) is 77.7 Å². The third-order valence-electron chi connectivity index (χ3n) is 4.13. The van der Waals surface area contributed by atoms with Crippen LogP contribution in [-0.4, -0.2) is 20.2 Å². The molecule has 0 bridgehead atoms. The highest BCUT2D eigenvalue weighted by molar-refractivity contribution is 7.92. The number of hydrazine groups is 1. The Morgan fingerprint density at radius 1 is 0.733 bits per heavy atom. The van der Waals surface area contributed by atoms with Crippen LogP contribution in [0.5, 0.6) is 0 Å². The summed E-state index contributed by atoms with van der Waals surface area (Å²) in [6.07, 6.45) is 0. The van der Waals surface area contributed by atoms with Crippen molar-refractivity contribution in [2.24, 2.45) is 0 Å². The molecule has 7 nitrogen and oxygen atoms in total. The van der Waals surface area contributed by atoms with E-state index in [-0.39, 0.29) is 10.5 Å². The van der Waals surface area contributed by atoms with Gasteiger partial charge in [0.1, 0.15) is 0 Å². The number of aryl methyl sites for hydroxylation is 1. The van der Waals surface area contributed by atoms with Crippen LogP contribution in [0.25, 0.3) is 0 Å². The molecule has 0 saturated heterocycles. The molecule has 0 heterocycles. The molecular weight excluding hydrogens is 426 g/mol. The SMILES string of the molecule is Cc1ccc(C(=O)NNC(=O)c2ccc(S(=O)(=O)Nc3ccc(Cl)cc3)cc2)cc1. The third kappa shape index (κ3) is 5.37. The quantitative estimate of drug-likeness (QED) is 0.524. The minimum absolute atomic E-state index is 0.0160. The first kappa shape index (κ1) is 21.4. The summed E-state index contributed by atoms with van der Waals surface area (Å²) in [7, 11) is -3.83. The number of nitrogens with one attached hydrogen (secondary N) is 3. The molecule has 0 saturated carbocycles. The number of amides is 2. The topological polar surface area (TPSA) is 104 Å². The van der Waals surface area contributed by atoms with E-state index in [0.29, 0.717) is 16.3 Å².